The molecule has 0 aromatic rings. The van der Waals surface area contributed by atoms with E-state index in [-0.39, 0.29) is 18.2 Å². The molecule has 0 bridgehead atoms. The van der Waals surface area contributed by atoms with Crippen molar-refractivity contribution in [2.24, 2.45) is 10.7 Å². The summed E-state index contributed by atoms with van der Waals surface area (Å²) in [6.45, 7) is 4.97. The Bertz CT molecular complexity index is 538. The third-order valence-electron chi connectivity index (χ3n) is 3.31. The van der Waals surface area contributed by atoms with Crippen LogP contribution in [0, 0.1) is 0 Å². The largest absolute Gasteiger partial charge is 0.394 e. The van der Waals surface area contributed by atoms with Crippen molar-refractivity contribution in [3.8, 4) is 0 Å². The van der Waals surface area contributed by atoms with Crippen LogP contribution >= 0.6 is 0 Å². The average Bonchev–Trinajstić information content (AvgIpc) is 2.78. The Morgan fingerprint density at radius 3 is 3.00 bits per heavy atom. The number of hydrogen-bond donors (Lipinski definition) is 3. The van der Waals surface area contributed by atoms with Gasteiger partial charge < -0.3 is 25.6 Å². The summed E-state index contributed by atoms with van der Waals surface area (Å²) in [4.78, 5) is 16.8. The highest BCUT2D eigenvalue weighted by atomic mass is 16.5. The maximum atomic E-state index is 11.0. The molecule has 7 heteroatoms. The van der Waals surface area contributed by atoms with Gasteiger partial charge in [0.25, 0.3) is 0 Å². The molecule has 1 saturated heterocycles. The Morgan fingerprint density at radius 1 is 1.71 bits per heavy atom. The van der Waals surface area contributed by atoms with Crippen LogP contribution in [-0.4, -0.2) is 51.8 Å². The molecule has 21 heavy (non-hydrogen) atoms. The van der Waals surface area contributed by atoms with Gasteiger partial charge in [-0.1, -0.05) is 6.58 Å². The second-order valence-corrected chi connectivity index (χ2v) is 4.96. The van der Waals surface area contributed by atoms with Crippen molar-refractivity contribution in [2.75, 3.05) is 6.61 Å². The molecule has 1 fully saturated rings. The summed E-state index contributed by atoms with van der Waals surface area (Å²) in [5.41, 5.74) is 6.36. The maximum absolute atomic E-state index is 11.0. The first-order chi connectivity index (χ1) is 9.92. The molecule has 7 nitrogen and oxygen atoms in total. The predicted molar refractivity (Wildman–Crippen MR) is 76.9 cm³/mol. The molecule has 2 aliphatic heterocycles. The molecule has 0 spiro atoms. The molecule has 2 heterocycles. The third-order valence-corrected chi connectivity index (χ3v) is 3.31. The lowest BCUT2D eigenvalue weighted by Gasteiger charge is -2.30. The van der Waals surface area contributed by atoms with Crippen molar-refractivity contribution >= 4 is 11.6 Å². The standard InChI is InChI=1S/C14H19N3O4/c1-8(19)3-4-10-6-17(9(2)16-14(10)15)13-5-11(20)12(7-18)21-13/h3-4,6,11-13,18,20H,2,5,7H2,1H3,(H2,15,16)/b4-3+. The number of aliphatic imine (C=N–C) groups is 1. The highest BCUT2D eigenvalue weighted by molar-refractivity contribution is 6.02. The lowest BCUT2D eigenvalue weighted by Crippen LogP contribution is -2.34. The second-order valence-electron chi connectivity index (χ2n) is 4.96. The van der Waals surface area contributed by atoms with Crippen LogP contribution in [0.2, 0.25) is 0 Å². The van der Waals surface area contributed by atoms with Crippen LogP contribution in [0.4, 0.5) is 0 Å². The van der Waals surface area contributed by atoms with Crippen LogP contribution in [0.15, 0.2) is 41.3 Å². The van der Waals surface area contributed by atoms with Crippen LogP contribution in [-0.2, 0) is 9.53 Å². The SMILES string of the molecule is C=C1N=C(N)C(/C=C/C(C)=O)=CN1C1CC(O)C(CO)O1. The number of carbonyl (C=O) groups excluding carboxylic acids is 1. The van der Waals surface area contributed by atoms with Crippen LogP contribution in [0.3, 0.4) is 0 Å². The van der Waals surface area contributed by atoms with E-state index in [4.69, 9.17) is 15.6 Å². The Labute approximate surface area is 122 Å². The second kappa shape index (κ2) is 6.21. The lowest BCUT2D eigenvalue weighted by atomic mass is 10.1. The Balaban J connectivity index is 2.20. The summed E-state index contributed by atoms with van der Waals surface area (Å²) in [7, 11) is 0. The molecular formula is C14H19N3O4. The molecule has 114 valence electrons. The van der Waals surface area contributed by atoms with E-state index >= 15 is 0 Å². The fraction of sp³-hybridized carbons (Fsp3) is 0.429. The number of nitrogens with zero attached hydrogens (tertiary/aromatic N) is 2. The van der Waals surface area contributed by atoms with Crippen LogP contribution in [0.25, 0.3) is 0 Å². The highest BCUT2D eigenvalue weighted by Gasteiger charge is 2.37. The van der Waals surface area contributed by atoms with E-state index in [1.807, 2.05) is 0 Å². The zero-order valence-corrected chi connectivity index (χ0v) is 11.8. The number of rotatable bonds is 4. The molecule has 0 aromatic heterocycles. The van der Waals surface area contributed by atoms with E-state index in [0.29, 0.717) is 17.8 Å². The Hall–Kier alpha value is -1.96. The Kier molecular flexibility index (Phi) is 4.56. The van der Waals surface area contributed by atoms with E-state index < -0.39 is 18.4 Å². The smallest absolute Gasteiger partial charge is 0.152 e. The zero-order chi connectivity index (χ0) is 15.6. The van der Waals surface area contributed by atoms with E-state index in [1.54, 1.807) is 17.2 Å². The third kappa shape index (κ3) is 3.38. The zero-order valence-electron chi connectivity index (χ0n) is 11.8. The van der Waals surface area contributed by atoms with Crippen molar-refractivity contribution in [2.45, 2.75) is 31.8 Å². The summed E-state index contributed by atoms with van der Waals surface area (Å²) in [6.07, 6.45) is 3.08. The van der Waals surface area contributed by atoms with Gasteiger partial charge in [-0.05, 0) is 19.1 Å². The number of allylic oxidation sites excluding steroid dienone is 1. The first-order valence-electron chi connectivity index (χ1n) is 6.59. The van der Waals surface area contributed by atoms with Gasteiger partial charge in [0.1, 0.15) is 24.0 Å². The fourth-order valence-corrected chi connectivity index (χ4v) is 2.19. The minimum atomic E-state index is -0.749. The van der Waals surface area contributed by atoms with Gasteiger partial charge in [-0.3, -0.25) is 4.79 Å². The molecule has 2 rings (SSSR count). The molecule has 0 aliphatic carbocycles. The number of nitrogens with two attached hydrogens (primary N) is 1. The molecule has 3 unspecified atom stereocenters. The summed E-state index contributed by atoms with van der Waals surface area (Å²) in [5.74, 6) is 0.529. The van der Waals surface area contributed by atoms with E-state index in [0.717, 1.165) is 0 Å². The van der Waals surface area contributed by atoms with E-state index in [9.17, 15) is 9.90 Å². The molecule has 0 saturated carbocycles. The van der Waals surface area contributed by atoms with Gasteiger partial charge in [-0.25, -0.2) is 4.99 Å². The van der Waals surface area contributed by atoms with Crippen molar-refractivity contribution in [1.29, 1.82) is 0 Å². The fourth-order valence-electron chi connectivity index (χ4n) is 2.19. The average molecular weight is 293 g/mol. The number of carbonyl (C=O) groups is 1. The van der Waals surface area contributed by atoms with Crippen molar-refractivity contribution in [1.82, 2.24) is 4.90 Å². The van der Waals surface area contributed by atoms with Gasteiger partial charge in [-0.2, -0.15) is 0 Å². The molecular weight excluding hydrogens is 274 g/mol. The van der Waals surface area contributed by atoms with Gasteiger partial charge in [0.05, 0.1) is 12.7 Å². The summed E-state index contributed by atoms with van der Waals surface area (Å²) in [5, 5.41) is 18.9. The van der Waals surface area contributed by atoms with Gasteiger partial charge >= 0.3 is 0 Å². The summed E-state index contributed by atoms with van der Waals surface area (Å²) >= 11 is 0. The first-order valence-corrected chi connectivity index (χ1v) is 6.59. The molecule has 0 aromatic carbocycles. The highest BCUT2D eigenvalue weighted by Crippen LogP contribution is 2.28. The number of aliphatic hydroxyl groups excluding tert-OH is 2. The monoisotopic (exact) mass is 293 g/mol. The number of amidine groups is 1. The maximum Gasteiger partial charge on any atom is 0.152 e. The predicted octanol–water partition coefficient (Wildman–Crippen LogP) is -0.372. The number of hydrogen-bond acceptors (Lipinski definition) is 7. The van der Waals surface area contributed by atoms with Crippen molar-refractivity contribution in [3.63, 3.8) is 0 Å². The molecule has 2 aliphatic rings. The van der Waals surface area contributed by atoms with Crippen LogP contribution in [0.5, 0.6) is 0 Å². The van der Waals surface area contributed by atoms with Gasteiger partial charge in [0, 0.05) is 18.2 Å². The minimum Gasteiger partial charge on any atom is -0.394 e. The minimum absolute atomic E-state index is 0.104. The Morgan fingerprint density at radius 2 is 2.43 bits per heavy atom. The van der Waals surface area contributed by atoms with Crippen LogP contribution < -0.4 is 5.73 Å². The molecule has 4 N–H and O–H groups in total. The normalized spacial score (nSPS) is 29.8. The van der Waals surface area contributed by atoms with Crippen LogP contribution in [0.1, 0.15) is 13.3 Å². The molecule has 3 atom stereocenters. The number of ether oxygens (including phenoxy) is 1. The van der Waals surface area contributed by atoms with E-state index in [1.165, 1.54) is 13.0 Å². The van der Waals surface area contributed by atoms with Crippen molar-refractivity contribution < 1.29 is 19.7 Å². The first kappa shape index (κ1) is 15.4. The quantitative estimate of drug-likeness (QED) is 0.610. The van der Waals surface area contributed by atoms with Gasteiger partial charge in [0.15, 0.2) is 5.78 Å². The number of ketones is 1. The lowest BCUT2D eigenvalue weighted by molar-refractivity contribution is -0.112. The van der Waals surface area contributed by atoms with Crippen molar-refractivity contribution in [3.05, 3.63) is 36.3 Å². The molecule has 0 radical (unpaired) electrons. The summed E-state index contributed by atoms with van der Waals surface area (Å²) < 4.78 is 5.56. The van der Waals surface area contributed by atoms with Gasteiger partial charge in [0.2, 0.25) is 0 Å². The van der Waals surface area contributed by atoms with E-state index in [2.05, 4.69) is 11.6 Å². The van der Waals surface area contributed by atoms with Gasteiger partial charge in [-0.15, -0.1) is 0 Å². The topological polar surface area (TPSA) is 108 Å². The summed E-state index contributed by atoms with van der Waals surface area (Å²) in [6, 6.07) is 0. The molecule has 0 amide bonds. The number of aliphatic hydroxyl groups is 2.